The number of rotatable bonds is 8. The zero-order chi connectivity index (χ0) is 25.2. The molecule has 0 saturated heterocycles. The third-order valence-corrected chi connectivity index (χ3v) is 4.99. The summed E-state index contributed by atoms with van der Waals surface area (Å²) in [6.45, 7) is 2.39. The normalized spacial score (nSPS) is 10.5. The third-order valence-electron chi connectivity index (χ3n) is 4.50. The van der Waals surface area contributed by atoms with Crippen LogP contribution in [-0.2, 0) is 9.59 Å². The zero-order valence-corrected chi connectivity index (χ0v) is 20.5. The number of carbonyl (C=O) groups excluding carboxylic acids is 3. The fraction of sp³-hybridized carbons (Fsp3) is 0.120. The number of nitrogens with one attached hydrogen (secondary N) is 2. The highest BCUT2D eigenvalue weighted by atomic mass is 79.9. The van der Waals surface area contributed by atoms with Crippen molar-refractivity contribution in [1.82, 2.24) is 5.43 Å². The Hall–Kier alpha value is -4.18. The number of hydrogen-bond acceptors (Lipinski definition) is 7. The van der Waals surface area contributed by atoms with Crippen LogP contribution >= 0.6 is 15.9 Å². The summed E-state index contributed by atoms with van der Waals surface area (Å²) in [7, 11) is 1.52. The largest absolute Gasteiger partial charge is 0.497 e. The van der Waals surface area contributed by atoms with Crippen LogP contribution in [0.1, 0.15) is 22.8 Å². The Kier molecular flexibility index (Phi) is 8.96. The van der Waals surface area contributed by atoms with Gasteiger partial charge in [-0.1, -0.05) is 15.9 Å². The first kappa shape index (κ1) is 25.4. The second-order valence-corrected chi connectivity index (χ2v) is 7.83. The van der Waals surface area contributed by atoms with Gasteiger partial charge < -0.3 is 19.5 Å². The van der Waals surface area contributed by atoms with Crippen LogP contribution in [0.15, 0.2) is 76.3 Å². The molecule has 0 bridgehead atoms. The summed E-state index contributed by atoms with van der Waals surface area (Å²) in [6, 6.07) is 18.0. The first-order valence-corrected chi connectivity index (χ1v) is 11.2. The van der Waals surface area contributed by atoms with Crippen LogP contribution in [0.4, 0.5) is 5.69 Å². The SMILES string of the molecule is CCOc1ccc(C(=O)Oc2ccc(Br)cc2C=NNC(=O)C(=O)Nc2ccc(OC)cc2)cc1. The Bertz CT molecular complexity index is 1230. The molecule has 0 aliphatic carbocycles. The summed E-state index contributed by atoms with van der Waals surface area (Å²) in [4.78, 5) is 36.7. The third kappa shape index (κ3) is 7.41. The Morgan fingerprint density at radius 1 is 0.943 bits per heavy atom. The van der Waals surface area contributed by atoms with E-state index in [9.17, 15) is 14.4 Å². The van der Waals surface area contributed by atoms with Gasteiger partial charge in [0.25, 0.3) is 0 Å². The number of anilines is 1. The molecule has 3 aromatic rings. The number of carbonyl (C=O) groups is 3. The van der Waals surface area contributed by atoms with E-state index in [2.05, 4.69) is 31.8 Å². The van der Waals surface area contributed by atoms with Crippen LogP contribution in [0, 0.1) is 0 Å². The van der Waals surface area contributed by atoms with Crippen molar-refractivity contribution in [2.24, 2.45) is 5.10 Å². The second-order valence-electron chi connectivity index (χ2n) is 6.91. The fourth-order valence-electron chi connectivity index (χ4n) is 2.80. The predicted molar refractivity (Wildman–Crippen MR) is 134 cm³/mol. The highest BCUT2D eigenvalue weighted by Gasteiger charge is 2.14. The van der Waals surface area contributed by atoms with Gasteiger partial charge in [-0.05, 0) is 73.7 Å². The van der Waals surface area contributed by atoms with Crippen molar-refractivity contribution in [3.05, 3.63) is 82.3 Å². The summed E-state index contributed by atoms with van der Waals surface area (Å²) in [5.41, 5.74) is 3.30. The van der Waals surface area contributed by atoms with Gasteiger partial charge in [-0.15, -0.1) is 0 Å². The number of hydrogen-bond donors (Lipinski definition) is 2. The number of methoxy groups -OCH3 is 1. The molecule has 0 spiro atoms. The average molecular weight is 540 g/mol. The van der Waals surface area contributed by atoms with Gasteiger partial charge in [-0.2, -0.15) is 5.10 Å². The molecule has 0 aliphatic rings. The predicted octanol–water partition coefficient (Wildman–Crippen LogP) is 4.16. The van der Waals surface area contributed by atoms with E-state index < -0.39 is 17.8 Å². The second kappa shape index (κ2) is 12.3. The van der Waals surface area contributed by atoms with Crippen LogP contribution < -0.4 is 25.0 Å². The molecular weight excluding hydrogens is 518 g/mol. The Morgan fingerprint density at radius 3 is 2.29 bits per heavy atom. The minimum Gasteiger partial charge on any atom is -0.497 e. The first-order chi connectivity index (χ1) is 16.9. The molecule has 2 N–H and O–H groups in total. The molecule has 0 atom stereocenters. The van der Waals surface area contributed by atoms with Gasteiger partial charge in [-0.3, -0.25) is 9.59 Å². The number of nitrogens with zero attached hydrogens (tertiary/aromatic N) is 1. The molecule has 0 aromatic heterocycles. The first-order valence-electron chi connectivity index (χ1n) is 10.4. The molecule has 2 amide bonds. The molecule has 0 unspecified atom stereocenters. The van der Waals surface area contributed by atoms with Crippen LogP contribution in [-0.4, -0.2) is 37.7 Å². The smallest absolute Gasteiger partial charge is 0.343 e. The van der Waals surface area contributed by atoms with Gasteiger partial charge >= 0.3 is 17.8 Å². The maximum absolute atomic E-state index is 12.6. The minimum absolute atomic E-state index is 0.216. The molecule has 3 aromatic carbocycles. The number of hydrazone groups is 1. The van der Waals surface area contributed by atoms with Crippen LogP contribution in [0.3, 0.4) is 0 Å². The van der Waals surface area contributed by atoms with Crippen molar-refractivity contribution in [3.8, 4) is 17.2 Å². The molecule has 0 heterocycles. The monoisotopic (exact) mass is 539 g/mol. The highest BCUT2D eigenvalue weighted by Crippen LogP contribution is 2.23. The van der Waals surface area contributed by atoms with Crippen molar-refractivity contribution >= 4 is 45.6 Å². The van der Waals surface area contributed by atoms with Gasteiger partial charge in [0.2, 0.25) is 0 Å². The Balaban J connectivity index is 1.63. The van der Waals surface area contributed by atoms with Crippen molar-refractivity contribution in [2.45, 2.75) is 6.92 Å². The molecule has 0 fully saturated rings. The molecule has 0 aliphatic heterocycles. The number of halogens is 1. The van der Waals surface area contributed by atoms with E-state index in [-0.39, 0.29) is 5.75 Å². The molecule has 9 nitrogen and oxygen atoms in total. The molecule has 0 radical (unpaired) electrons. The van der Waals surface area contributed by atoms with E-state index in [4.69, 9.17) is 14.2 Å². The maximum atomic E-state index is 12.6. The van der Waals surface area contributed by atoms with Crippen LogP contribution in [0.2, 0.25) is 0 Å². The van der Waals surface area contributed by atoms with E-state index in [1.807, 2.05) is 6.92 Å². The fourth-order valence-corrected chi connectivity index (χ4v) is 3.18. The van der Waals surface area contributed by atoms with E-state index in [0.29, 0.717) is 39.4 Å². The highest BCUT2D eigenvalue weighted by molar-refractivity contribution is 9.10. The summed E-state index contributed by atoms with van der Waals surface area (Å²) in [6.07, 6.45) is 1.27. The molecule has 3 rings (SSSR count). The van der Waals surface area contributed by atoms with Gasteiger partial charge in [0.1, 0.15) is 17.2 Å². The lowest BCUT2D eigenvalue weighted by Gasteiger charge is -2.09. The van der Waals surface area contributed by atoms with Crippen LogP contribution in [0.5, 0.6) is 17.2 Å². The topological polar surface area (TPSA) is 115 Å². The van der Waals surface area contributed by atoms with Crippen LogP contribution in [0.25, 0.3) is 0 Å². The molecule has 180 valence electrons. The van der Waals surface area contributed by atoms with Gasteiger partial charge in [0, 0.05) is 15.7 Å². The summed E-state index contributed by atoms with van der Waals surface area (Å²) in [5.74, 6) is -0.971. The van der Waals surface area contributed by atoms with Gasteiger partial charge in [0.15, 0.2) is 0 Å². The van der Waals surface area contributed by atoms with E-state index in [1.165, 1.54) is 13.3 Å². The molecule has 10 heteroatoms. The Morgan fingerprint density at radius 2 is 1.63 bits per heavy atom. The number of amides is 2. The zero-order valence-electron chi connectivity index (χ0n) is 18.9. The Labute approximate surface area is 210 Å². The lowest BCUT2D eigenvalue weighted by Crippen LogP contribution is -2.32. The van der Waals surface area contributed by atoms with Crippen molar-refractivity contribution < 1.29 is 28.6 Å². The molecular formula is C25H22BrN3O6. The van der Waals surface area contributed by atoms with Gasteiger partial charge in [-0.25, -0.2) is 10.2 Å². The standard InChI is InChI=1S/C25H22BrN3O6/c1-3-34-21-9-4-16(5-10-21)25(32)35-22-13-6-18(26)14-17(22)15-27-29-24(31)23(30)28-19-7-11-20(33-2)12-8-19/h4-15H,3H2,1-2H3,(H,28,30)(H,29,31). The van der Waals surface area contributed by atoms with Crippen molar-refractivity contribution in [1.29, 1.82) is 0 Å². The van der Waals surface area contributed by atoms with E-state index in [1.54, 1.807) is 66.7 Å². The van der Waals surface area contributed by atoms with Crippen molar-refractivity contribution in [2.75, 3.05) is 19.0 Å². The number of benzene rings is 3. The van der Waals surface area contributed by atoms with Crippen molar-refractivity contribution in [3.63, 3.8) is 0 Å². The number of esters is 1. The lowest BCUT2D eigenvalue weighted by atomic mass is 10.2. The molecule has 0 saturated carbocycles. The summed E-state index contributed by atoms with van der Waals surface area (Å²) in [5, 5.41) is 6.26. The summed E-state index contributed by atoms with van der Waals surface area (Å²) < 4.78 is 16.6. The number of ether oxygens (including phenoxy) is 3. The van der Waals surface area contributed by atoms with E-state index in [0.717, 1.165) is 0 Å². The minimum atomic E-state index is -0.972. The quantitative estimate of drug-likeness (QED) is 0.146. The lowest BCUT2D eigenvalue weighted by molar-refractivity contribution is -0.136. The van der Waals surface area contributed by atoms with E-state index >= 15 is 0 Å². The maximum Gasteiger partial charge on any atom is 0.343 e. The average Bonchev–Trinajstić information content (AvgIpc) is 2.86. The summed E-state index contributed by atoms with van der Waals surface area (Å²) >= 11 is 3.35. The molecule has 35 heavy (non-hydrogen) atoms. The van der Waals surface area contributed by atoms with Gasteiger partial charge in [0.05, 0.1) is 25.5 Å².